The van der Waals surface area contributed by atoms with Crippen LogP contribution in [0.1, 0.15) is 32.6 Å². The molecule has 0 bridgehead atoms. The van der Waals surface area contributed by atoms with Crippen LogP contribution in [0.3, 0.4) is 0 Å². The Kier molecular flexibility index (Phi) is 6.04. The second-order valence-electron chi connectivity index (χ2n) is 8.69. The van der Waals surface area contributed by atoms with Crippen molar-refractivity contribution >= 4 is 17.4 Å². The number of hydrogen-bond acceptors (Lipinski definition) is 5. The fourth-order valence-corrected chi connectivity index (χ4v) is 3.21. The van der Waals surface area contributed by atoms with E-state index in [9.17, 15) is 18.0 Å². The zero-order chi connectivity index (χ0) is 23.8. The van der Waals surface area contributed by atoms with Gasteiger partial charge in [0.15, 0.2) is 6.29 Å². The number of carbonyl (C=O) groups is 1. The molecular weight excluding hydrogens is 441 g/mol. The molecule has 3 heterocycles. The van der Waals surface area contributed by atoms with Crippen molar-refractivity contribution < 1.29 is 32.5 Å². The van der Waals surface area contributed by atoms with Crippen LogP contribution in [0.25, 0.3) is 16.9 Å². The van der Waals surface area contributed by atoms with Gasteiger partial charge in [-0.3, -0.25) is 4.40 Å². The van der Waals surface area contributed by atoms with E-state index in [0.717, 1.165) is 11.3 Å². The highest BCUT2D eigenvalue weighted by molar-refractivity contribution is 5.90. The lowest BCUT2D eigenvalue weighted by Gasteiger charge is -2.22. The minimum Gasteiger partial charge on any atom is -0.329 e. The highest BCUT2D eigenvalue weighted by Gasteiger charge is 2.37. The van der Waals surface area contributed by atoms with Gasteiger partial charge in [0.25, 0.3) is 0 Å². The van der Waals surface area contributed by atoms with E-state index in [4.69, 9.17) is 14.5 Å². The number of carbonyl (C=O) groups excluding carboxylic acids is 1. The number of fused-ring (bicyclic) bond motifs is 1. The van der Waals surface area contributed by atoms with Crippen molar-refractivity contribution in [3.63, 3.8) is 0 Å². The summed E-state index contributed by atoms with van der Waals surface area (Å²) in [6.45, 7) is 4.54. The number of rotatable bonds is 4. The number of pyridine rings is 1. The van der Waals surface area contributed by atoms with Crippen molar-refractivity contribution in [2.45, 2.75) is 39.5 Å². The maximum Gasteiger partial charge on any atom is 0.405 e. The van der Waals surface area contributed by atoms with Crippen LogP contribution >= 0.6 is 0 Å². The lowest BCUT2D eigenvalue weighted by Crippen LogP contribution is -2.36. The van der Waals surface area contributed by atoms with E-state index in [1.165, 1.54) is 0 Å². The number of anilines is 1. The SMILES string of the molecule is CC(C)(C)C1OOC(c2ccn3c(-c4cccc(NC(=O)NCC(F)(F)F)c4)cnc3c2)O1. The van der Waals surface area contributed by atoms with Crippen LogP contribution in [-0.2, 0) is 14.5 Å². The third-order valence-electron chi connectivity index (χ3n) is 4.86. The number of alkyl halides is 3. The van der Waals surface area contributed by atoms with Crippen LogP contribution in [0.5, 0.6) is 0 Å². The van der Waals surface area contributed by atoms with Gasteiger partial charge in [0, 0.05) is 28.4 Å². The Balaban J connectivity index is 1.50. The summed E-state index contributed by atoms with van der Waals surface area (Å²) in [6, 6.07) is 9.42. The van der Waals surface area contributed by atoms with Crippen molar-refractivity contribution in [2.24, 2.45) is 5.41 Å². The highest BCUT2D eigenvalue weighted by Crippen LogP contribution is 2.36. The standard InChI is InChI=1S/C22H23F3N4O4/c1-21(2,3)19-31-18(32-33-19)14-7-8-29-16(11-26-17(29)10-14)13-5-4-6-15(9-13)28-20(30)27-12-22(23,24)25/h4-11,18-19H,12H2,1-3H3,(H2,27,28,30). The van der Waals surface area contributed by atoms with Crippen LogP contribution in [0.4, 0.5) is 23.7 Å². The molecule has 33 heavy (non-hydrogen) atoms. The predicted octanol–water partition coefficient (Wildman–Crippen LogP) is 5.03. The van der Waals surface area contributed by atoms with Crippen LogP contribution < -0.4 is 10.6 Å². The number of aromatic nitrogens is 2. The van der Waals surface area contributed by atoms with Crippen molar-refractivity contribution in [2.75, 3.05) is 11.9 Å². The molecule has 3 aromatic rings. The molecule has 0 radical (unpaired) electrons. The summed E-state index contributed by atoms with van der Waals surface area (Å²) in [5.74, 6) is 0. The van der Waals surface area contributed by atoms with Gasteiger partial charge in [-0.25, -0.2) is 14.7 Å². The molecule has 176 valence electrons. The topological polar surface area (TPSA) is 86.1 Å². The number of nitrogens with one attached hydrogen (secondary N) is 2. The molecule has 2 N–H and O–H groups in total. The van der Waals surface area contributed by atoms with E-state index in [1.54, 1.807) is 42.0 Å². The second-order valence-corrected chi connectivity index (χ2v) is 8.69. The number of amides is 2. The maximum atomic E-state index is 12.3. The van der Waals surface area contributed by atoms with Crippen LogP contribution in [-0.4, -0.2) is 34.4 Å². The number of nitrogens with zero attached hydrogens (tertiary/aromatic N) is 2. The van der Waals surface area contributed by atoms with Gasteiger partial charge in [-0.1, -0.05) is 32.9 Å². The average molecular weight is 464 g/mol. The average Bonchev–Trinajstić information content (AvgIpc) is 3.39. The smallest absolute Gasteiger partial charge is 0.329 e. The molecule has 2 aromatic heterocycles. The molecule has 1 aliphatic rings. The molecule has 11 heteroatoms. The first-order valence-corrected chi connectivity index (χ1v) is 10.2. The fraction of sp³-hybridized carbons (Fsp3) is 0.364. The van der Waals surface area contributed by atoms with Gasteiger partial charge in [0.1, 0.15) is 12.2 Å². The van der Waals surface area contributed by atoms with Crippen LogP contribution in [0, 0.1) is 5.41 Å². The first kappa shape index (κ1) is 23.0. The van der Waals surface area contributed by atoms with Crippen molar-refractivity contribution in [1.29, 1.82) is 0 Å². The number of urea groups is 1. The quantitative estimate of drug-likeness (QED) is 0.529. The Hall–Kier alpha value is -3.15. The molecule has 0 saturated carbocycles. The van der Waals surface area contributed by atoms with Gasteiger partial charge in [-0.15, -0.1) is 0 Å². The normalized spacial score (nSPS) is 19.1. The molecule has 0 aliphatic carbocycles. The van der Waals surface area contributed by atoms with Gasteiger partial charge in [0.2, 0.25) is 6.29 Å². The van der Waals surface area contributed by atoms with E-state index in [0.29, 0.717) is 16.9 Å². The van der Waals surface area contributed by atoms with E-state index >= 15 is 0 Å². The van der Waals surface area contributed by atoms with E-state index in [-0.39, 0.29) is 5.41 Å². The zero-order valence-corrected chi connectivity index (χ0v) is 18.1. The number of halogens is 3. The Morgan fingerprint density at radius 1 is 1.15 bits per heavy atom. The van der Waals surface area contributed by atoms with Gasteiger partial charge in [-0.05, 0) is 24.3 Å². The number of imidazole rings is 1. The summed E-state index contributed by atoms with van der Waals surface area (Å²) in [6.07, 6.45) is -2.20. The highest BCUT2D eigenvalue weighted by atomic mass is 19.4. The third kappa shape index (κ3) is 5.44. The summed E-state index contributed by atoms with van der Waals surface area (Å²) < 4.78 is 44.5. The number of hydrogen-bond donors (Lipinski definition) is 2. The first-order valence-electron chi connectivity index (χ1n) is 10.2. The van der Waals surface area contributed by atoms with Gasteiger partial charge in [-0.2, -0.15) is 18.1 Å². The summed E-state index contributed by atoms with van der Waals surface area (Å²) in [5.41, 5.74) is 2.92. The minimum atomic E-state index is -4.48. The molecule has 2 atom stereocenters. The van der Waals surface area contributed by atoms with Crippen LogP contribution in [0.15, 0.2) is 48.8 Å². The molecule has 1 aliphatic heterocycles. The van der Waals surface area contributed by atoms with E-state index in [1.807, 2.05) is 37.3 Å². The monoisotopic (exact) mass is 464 g/mol. The Morgan fingerprint density at radius 3 is 2.64 bits per heavy atom. The molecule has 1 fully saturated rings. The molecule has 4 rings (SSSR count). The molecule has 2 amide bonds. The summed E-state index contributed by atoms with van der Waals surface area (Å²) in [5, 5.41) is 4.17. The maximum absolute atomic E-state index is 12.3. The van der Waals surface area contributed by atoms with Gasteiger partial charge < -0.3 is 15.4 Å². The van der Waals surface area contributed by atoms with Gasteiger partial charge in [0.05, 0.1) is 11.9 Å². The third-order valence-corrected chi connectivity index (χ3v) is 4.86. The summed E-state index contributed by atoms with van der Waals surface area (Å²) in [4.78, 5) is 26.8. The Morgan fingerprint density at radius 2 is 1.94 bits per heavy atom. The van der Waals surface area contributed by atoms with Gasteiger partial charge >= 0.3 is 12.2 Å². The lowest BCUT2D eigenvalue weighted by molar-refractivity contribution is -0.312. The Labute approximate surface area is 187 Å². The molecule has 8 nitrogen and oxygen atoms in total. The summed E-state index contributed by atoms with van der Waals surface area (Å²) >= 11 is 0. The predicted molar refractivity (Wildman–Crippen MR) is 113 cm³/mol. The van der Waals surface area contributed by atoms with E-state index < -0.39 is 31.3 Å². The van der Waals surface area contributed by atoms with Crippen molar-refractivity contribution in [1.82, 2.24) is 14.7 Å². The molecular formula is C22H23F3N4O4. The zero-order valence-electron chi connectivity index (χ0n) is 18.1. The molecule has 1 saturated heterocycles. The van der Waals surface area contributed by atoms with Crippen molar-refractivity contribution in [3.05, 3.63) is 54.4 Å². The minimum absolute atomic E-state index is 0.248. The summed E-state index contributed by atoms with van der Waals surface area (Å²) in [7, 11) is 0. The Bertz CT molecular complexity index is 1160. The largest absolute Gasteiger partial charge is 0.405 e. The second kappa shape index (κ2) is 8.65. The van der Waals surface area contributed by atoms with Crippen LogP contribution in [0.2, 0.25) is 0 Å². The number of benzene rings is 1. The fourth-order valence-electron chi connectivity index (χ4n) is 3.21. The molecule has 1 aromatic carbocycles. The molecule has 2 unspecified atom stereocenters. The van der Waals surface area contributed by atoms with E-state index in [2.05, 4.69) is 10.3 Å². The first-order chi connectivity index (χ1) is 15.5. The number of ether oxygens (including phenoxy) is 1. The lowest BCUT2D eigenvalue weighted by atomic mass is 9.96. The van der Waals surface area contributed by atoms with Crippen molar-refractivity contribution in [3.8, 4) is 11.3 Å². The molecule has 0 spiro atoms.